The highest BCUT2D eigenvalue weighted by atomic mass is 16.5. The highest BCUT2D eigenvalue weighted by Crippen LogP contribution is 2.37. The summed E-state index contributed by atoms with van der Waals surface area (Å²) in [5.41, 5.74) is 5.60. The molecule has 0 fully saturated rings. The molecule has 0 saturated carbocycles. The van der Waals surface area contributed by atoms with Crippen molar-refractivity contribution in [3.05, 3.63) is 70.8 Å². The summed E-state index contributed by atoms with van der Waals surface area (Å²) < 4.78 is 6.00. The van der Waals surface area contributed by atoms with Gasteiger partial charge in [0, 0.05) is 12.1 Å². The van der Waals surface area contributed by atoms with E-state index < -0.39 is 0 Å². The number of rotatable bonds is 4. The van der Waals surface area contributed by atoms with Gasteiger partial charge in [-0.25, -0.2) is 0 Å². The maximum atomic E-state index is 9.47. The van der Waals surface area contributed by atoms with E-state index in [-0.39, 0.29) is 6.61 Å². The maximum absolute atomic E-state index is 9.47. The molecule has 0 radical (unpaired) electrons. The van der Waals surface area contributed by atoms with Gasteiger partial charge in [0.1, 0.15) is 12.4 Å². The van der Waals surface area contributed by atoms with Gasteiger partial charge in [0.2, 0.25) is 0 Å². The molecule has 2 aromatic carbocycles. The van der Waals surface area contributed by atoms with E-state index in [1.54, 1.807) is 0 Å². The molecule has 3 nitrogen and oxygen atoms in total. The summed E-state index contributed by atoms with van der Waals surface area (Å²) in [6.45, 7) is 1.62. The molecule has 23 heavy (non-hydrogen) atoms. The fraction of sp³-hybridized carbons (Fsp3) is 0.300. The molecular weight excluding hydrogens is 286 g/mol. The average molecular weight is 309 g/mol. The van der Waals surface area contributed by atoms with Crippen molar-refractivity contribution in [1.29, 1.82) is 0 Å². The van der Waals surface area contributed by atoms with Crippen LogP contribution in [0.15, 0.2) is 48.5 Å². The summed E-state index contributed by atoms with van der Waals surface area (Å²) in [5, 5.41) is 9.47. The molecule has 1 N–H and O–H groups in total. The first-order chi connectivity index (χ1) is 11.2. The molecule has 1 heterocycles. The molecule has 1 aliphatic rings. The van der Waals surface area contributed by atoms with E-state index in [9.17, 15) is 5.11 Å². The van der Waals surface area contributed by atoms with Gasteiger partial charge in [-0.2, -0.15) is 0 Å². The third-order valence-corrected chi connectivity index (χ3v) is 4.13. The van der Waals surface area contributed by atoms with Gasteiger partial charge < -0.3 is 14.7 Å². The van der Waals surface area contributed by atoms with Crippen molar-refractivity contribution in [3.63, 3.8) is 0 Å². The zero-order valence-corrected chi connectivity index (χ0v) is 13.7. The Bertz CT molecular complexity index is 719. The second-order valence-corrected chi connectivity index (χ2v) is 6.14. The summed E-state index contributed by atoms with van der Waals surface area (Å²) in [7, 11) is 4.17. The molecule has 1 aliphatic heterocycles. The van der Waals surface area contributed by atoms with Crippen LogP contribution in [0.5, 0.6) is 5.75 Å². The topological polar surface area (TPSA) is 32.7 Å². The first-order valence-electron chi connectivity index (χ1n) is 7.99. The molecular formula is C20H23NO2. The average Bonchev–Trinajstić information content (AvgIpc) is 2.71. The second kappa shape index (κ2) is 6.99. The van der Waals surface area contributed by atoms with E-state index in [1.165, 1.54) is 16.7 Å². The number of benzene rings is 2. The van der Waals surface area contributed by atoms with Crippen molar-refractivity contribution in [3.8, 4) is 5.75 Å². The van der Waals surface area contributed by atoms with Gasteiger partial charge in [0.05, 0.1) is 6.61 Å². The van der Waals surface area contributed by atoms with Gasteiger partial charge >= 0.3 is 0 Å². The van der Waals surface area contributed by atoms with E-state index in [0.29, 0.717) is 6.61 Å². The molecule has 0 spiro atoms. The predicted octanol–water partition coefficient (Wildman–Crippen LogP) is 3.45. The quantitative estimate of drug-likeness (QED) is 0.939. The Morgan fingerprint density at radius 3 is 2.74 bits per heavy atom. The molecule has 0 unspecified atom stereocenters. The number of aliphatic hydroxyl groups is 1. The smallest absolute Gasteiger partial charge is 0.127 e. The summed E-state index contributed by atoms with van der Waals surface area (Å²) in [4.78, 5) is 2.18. The molecule has 0 aliphatic carbocycles. The number of hydrogen-bond acceptors (Lipinski definition) is 3. The monoisotopic (exact) mass is 309 g/mol. The number of nitrogens with zero attached hydrogens (tertiary/aromatic N) is 1. The van der Waals surface area contributed by atoms with Gasteiger partial charge in [-0.15, -0.1) is 0 Å². The van der Waals surface area contributed by atoms with Gasteiger partial charge in [-0.1, -0.05) is 36.4 Å². The molecule has 0 bridgehead atoms. The van der Waals surface area contributed by atoms with Crippen molar-refractivity contribution >= 4 is 5.57 Å². The SMILES string of the molecule is CN(C)CCC=C1c2ccccc2COc2ccc(CO)cc21. The lowest BCUT2D eigenvalue weighted by molar-refractivity contribution is 0.281. The molecule has 3 heteroatoms. The predicted molar refractivity (Wildman–Crippen MR) is 93.4 cm³/mol. The Morgan fingerprint density at radius 2 is 1.96 bits per heavy atom. The van der Waals surface area contributed by atoms with Gasteiger partial charge in [0.15, 0.2) is 0 Å². The number of aliphatic hydroxyl groups excluding tert-OH is 1. The Hall–Kier alpha value is -2.10. The van der Waals surface area contributed by atoms with Crippen LogP contribution >= 0.6 is 0 Å². The van der Waals surface area contributed by atoms with E-state index >= 15 is 0 Å². The molecule has 0 saturated heterocycles. The Labute approximate surface area is 137 Å². The highest BCUT2D eigenvalue weighted by molar-refractivity contribution is 5.85. The summed E-state index contributed by atoms with van der Waals surface area (Å²) in [6.07, 6.45) is 3.26. The van der Waals surface area contributed by atoms with E-state index in [0.717, 1.165) is 29.8 Å². The molecule has 0 atom stereocenters. The minimum Gasteiger partial charge on any atom is -0.488 e. The number of ether oxygens (including phenoxy) is 1. The van der Waals surface area contributed by atoms with Crippen LogP contribution in [-0.4, -0.2) is 30.6 Å². The van der Waals surface area contributed by atoms with E-state index in [2.05, 4.69) is 49.3 Å². The lowest BCUT2D eigenvalue weighted by Gasteiger charge is -2.13. The van der Waals surface area contributed by atoms with Gasteiger partial charge in [-0.3, -0.25) is 0 Å². The van der Waals surface area contributed by atoms with Crippen LogP contribution in [0.2, 0.25) is 0 Å². The first kappa shape index (κ1) is 15.8. The van der Waals surface area contributed by atoms with Gasteiger partial charge in [0.25, 0.3) is 0 Å². The Morgan fingerprint density at radius 1 is 1.13 bits per heavy atom. The third-order valence-electron chi connectivity index (χ3n) is 4.13. The van der Waals surface area contributed by atoms with E-state index in [4.69, 9.17) is 4.74 Å². The number of hydrogen-bond donors (Lipinski definition) is 1. The standard InChI is InChI=1S/C20H23NO2/c1-21(2)11-5-8-18-17-7-4-3-6-16(17)14-23-20-10-9-15(13-22)12-19(18)20/h3-4,6-10,12,22H,5,11,13-14H2,1-2H3. The van der Waals surface area contributed by atoms with Crippen LogP contribution < -0.4 is 4.74 Å². The van der Waals surface area contributed by atoms with Crippen LogP contribution in [-0.2, 0) is 13.2 Å². The molecule has 0 aromatic heterocycles. The van der Waals surface area contributed by atoms with Gasteiger partial charge in [-0.05, 0) is 54.9 Å². The van der Waals surface area contributed by atoms with Crippen LogP contribution in [0, 0.1) is 0 Å². The molecule has 2 aromatic rings. The third kappa shape index (κ3) is 3.46. The van der Waals surface area contributed by atoms with Crippen LogP contribution in [0.25, 0.3) is 5.57 Å². The van der Waals surface area contributed by atoms with Crippen molar-refractivity contribution in [2.75, 3.05) is 20.6 Å². The summed E-state index contributed by atoms with van der Waals surface area (Å²) in [5.74, 6) is 0.884. The number of fused-ring (bicyclic) bond motifs is 2. The van der Waals surface area contributed by atoms with Crippen molar-refractivity contribution in [2.45, 2.75) is 19.6 Å². The fourth-order valence-corrected chi connectivity index (χ4v) is 2.91. The first-order valence-corrected chi connectivity index (χ1v) is 7.99. The van der Waals surface area contributed by atoms with Crippen LogP contribution in [0.4, 0.5) is 0 Å². The zero-order valence-electron chi connectivity index (χ0n) is 13.7. The minimum absolute atomic E-state index is 0.0416. The summed E-state index contributed by atoms with van der Waals surface area (Å²) >= 11 is 0. The maximum Gasteiger partial charge on any atom is 0.127 e. The lowest BCUT2D eigenvalue weighted by Crippen LogP contribution is -2.12. The minimum atomic E-state index is 0.0416. The Balaban J connectivity index is 2.10. The zero-order chi connectivity index (χ0) is 16.2. The molecule has 3 rings (SSSR count). The van der Waals surface area contributed by atoms with Crippen molar-refractivity contribution < 1.29 is 9.84 Å². The summed E-state index contributed by atoms with van der Waals surface area (Å²) in [6, 6.07) is 14.3. The Kier molecular flexibility index (Phi) is 4.79. The van der Waals surface area contributed by atoms with E-state index in [1.807, 2.05) is 18.2 Å². The van der Waals surface area contributed by atoms with Crippen LogP contribution in [0.3, 0.4) is 0 Å². The van der Waals surface area contributed by atoms with Crippen molar-refractivity contribution in [1.82, 2.24) is 4.90 Å². The van der Waals surface area contributed by atoms with Crippen molar-refractivity contribution in [2.24, 2.45) is 0 Å². The normalized spacial score (nSPS) is 15.0. The molecule has 0 amide bonds. The largest absolute Gasteiger partial charge is 0.488 e. The second-order valence-electron chi connectivity index (χ2n) is 6.14. The fourth-order valence-electron chi connectivity index (χ4n) is 2.91. The lowest BCUT2D eigenvalue weighted by atomic mass is 9.92. The highest BCUT2D eigenvalue weighted by Gasteiger charge is 2.19. The molecule has 120 valence electrons. The van der Waals surface area contributed by atoms with Crippen LogP contribution in [0.1, 0.15) is 28.7 Å².